The summed E-state index contributed by atoms with van der Waals surface area (Å²) in [6.07, 6.45) is 9.30. The second-order valence-electron chi connectivity index (χ2n) is 6.45. The highest BCUT2D eigenvalue weighted by atomic mass is 16.5. The first-order chi connectivity index (χ1) is 11.7. The van der Waals surface area contributed by atoms with Gasteiger partial charge in [0, 0.05) is 24.0 Å². The topological polar surface area (TPSA) is 51.2 Å². The highest BCUT2D eigenvalue weighted by Gasteiger charge is 2.38. The van der Waals surface area contributed by atoms with Crippen molar-refractivity contribution in [3.63, 3.8) is 0 Å². The van der Waals surface area contributed by atoms with Gasteiger partial charge in [-0.25, -0.2) is 4.79 Å². The fourth-order valence-corrected chi connectivity index (χ4v) is 4.05. The lowest BCUT2D eigenvalue weighted by molar-refractivity contribution is 0.0600. The maximum atomic E-state index is 12.0. The van der Waals surface area contributed by atoms with Crippen molar-refractivity contribution in [1.82, 2.24) is 4.98 Å². The summed E-state index contributed by atoms with van der Waals surface area (Å²) >= 11 is 0. The van der Waals surface area contributed by atoms with E-state index in [4.69, 9.17) is 4.74 Å². The number of hydrogen-bond donors (Lipinski definition) is 1. The van der Waals surface area contributed by atoms with E-state index in [9.17, 15) is 4.79 Å². The zero-order valence-electron chi connectivity index (χ0n) is 13.8. The highest BCUT2D eigenvalue weighted by molar-refractivity contribution is 5.93. The van der Waals surface area contributed by atoms with Gasteiger partial charge in [0.15, 0.2) is 0 Å². The molecule has 1 aromatic carbocycles. The maximum absolute atomic E-state index is 12.0. The van der Waals surface area contributed by atoms with Crippen molar-refractivity contribution >= 4 is 11.7 Å². The van der Waals surface area contributed by atoms with E-state index in [0.717, 1.165) is 17.7 Å². The van der Waals surface area contributed by atoms with Crippen LogP contribution >= 0.6 is 0 Å². The van der Waals surface area contributed by atoms with Crippen molar-refractivity contribution in [2.24, 2.45) is 5.92 Å². The van der Waals surface area contributed by atoms with Crippen LogP contribution in [0.1, 0.15) is 45.4 Å². The molecule has 4 nitrogen and oxygen atoms in total. The summed E-state index contributed by atoms with van der Waals surface area (Å²) in [6.45, 7) is 1.99. The molecular formula is C20H20N2O2. The second-order valence-corrected chi connectivity index (χ2v) is 6.45. The number of pyridine rings is 1. The molecule has 0 radical (unpaired) electrons. The standard InChI is InChI=1S/C20H20N2O2/c1-12-14(20(23)24-2)6-7-17-15-4-3-5-16(15)19(22-18(12)17)13-8-10-21-11-9-13/h3-4,6-11,15-16,19,22H,5H2,1-2H3/t15-,16-,19-/m1/s1. The minimum Gasteiger partial charge on any atom is -0.465 e. The number of anilines is 1. The summed E-state index contributed by atoms with van der Waals surface area (Å²) in [5.74, 6) is 0.578. The van der Waals surface area contributed by atoms with Crippen molar-refractivity contribution in [3.8, 4) is 0 Å². The van der Waals surface area contributed by atoms with Crippen LogP contribution < -0.4 is 5.32 Å². The molecule has 0 saturated heterocycles. The van der Waals surface area contributed by atoms with E-state index >= 15 is 0 Å². The van der Waals surface area contributed by atoms with Crippen molar-refractivity contribution in [2.45, 2.75) is 25.3 Å². The number of benzene rings is 1. The molecule has 4 heteroatoms. The van der Waals surface area contributed by atoms with E-state index in [-0.39, 0.29) is 12.0 Å². The molecule has 1 N–H and O–H groups in total. The Morgan fingerprint density at radius 1 is 1.25 bits per heavy atom. The number of allylic oxidation sites excluding steroid dienone is 2. The molecule has 0 amide bonds. The summed E-state index contributed by atoms with van der Waals surface area (Å²) in [5, 5.41) is 3.70. The Morgan fingerprint density at radius 2 is 2.04 bits per heavy atom. The number of nitrogens with one attached hydrogen (secondary N) is 1. The van der Waals surface area contributed by atoms with E-state index in [1.165, 1.54) is 18.2 Å². The van der Waals surface area contributed by atoms with Crippen molar-refractivity contribution in [2.75, 3.05) is 12.4 Å². The van der Waals surface area contributed by atoms with Gasteiger partial charge in [-0.15, -0.1) is 0 Å². The largest absolute Gasteiger partial charge is 0.465 e. The summed E-state index contributed by atoms with van der Waals surface area (Å²) in [6, 6.07) is 8.30. The average Bonchev–Trinajstić information content (AvgIpc) is 3.11. The number of nitrogens with zero attached hydrogens (tertiary/aromatic N) is 1. The fraction of sp³-hybridized carbons (Fsp3) is 0.300. The predicted molar refractivity (Wildman–Crippen MR) is 93.1 cm³/mol. The van der Waals surface area contributed by atoms with Crippen LogP contribution in [0, 0.1) is 12.8 Å². The molecular weight excluding hydrogens is 300 g/mol. The van der Waals surface area contributed by atoms with Gasteiger partial charge >= 0.3 is 5.97 Å². The Bertz CT molecular complexity index is 814. The molecule has 2 heterocycles. The van der Waals surface area contributed by atoms with Gasteiger partial charge < -0.3 is 10.1 Å². The Labute approximate surface area is 141 Å². The lowest BCUT2D eigenvalue weighted by atomic mass is 9.76. The van der Waals surface area contributed by atoms with E-state index in [1.807, 2.05) is 25.4 Å². The molecule has 0 saturated carbocycles. The number of fused-ring (bicyclic) bond motifs is 3. The average molecular weight is 320 g/mol. The van der Waals surface area contributed by atoms with Crippen LogP contribution in [0.3, 0.4) is 0 Å². The molecule has 1 aliphatic heterocycles. The molecule has 1 aliphatic carbocycles. The first kappa shape index (κ1) is 14.9. The van der Waals surface area contributed by atoms with Crippen LogP contribution in [-0.2, 0) is 4.74 Å². The van der Waals surface area contributed by atoms with Gasteiger partial charge in [-0.05, 0) is 54.2 Å². The first-order valence-electron chi connectivity index (χ1n) is 8.25. The summed E-state index contributed by atoms with van der Waals surface area (Å²) in [5.41, 5.74) is 5.14. The fourth-order valence-electron chi connectivity index (χ4n) is 4.05. The number of carbonyl (C=O) groups is 1. The van der Waals surface area contributed by atoms with Crippen molar-refractivity contribution in [1.29, 1.82) is 0 Å². The lowest BCUT2D eigenvalue weighted by Gasteiger charge is -2.38. The minimum atomic E-state index is -0.290. The third kappa shape index (κ3) is 2.21. The van der Waals surface area contributed by atoms with Crippen molar-refractivity contribution < 1.29 is 9.53 Å². The first-order valence-corrected chi connectivity index (χ1v) is 8.25. The molecule has 0 fully saturated rings. The van der Waals surface area contributed by atoms with Gasteiger partial charge in [0.2, 0.25) is 0 Å². The molecule has 122 valence electrons. The molecule has 0 spiro atoms. The zero-order chi connectivity index (χ0) is 16.7. The predicted octanol–water partition coefficient (Wildman–Crippen LogP) is 4.00. The van der Waals surface area contributed by atoms with E-state index in [0.29, 0.717) is 17.4 Å². The number of esters is 1. The smallest absolute Gasteiger partial charge is 0.338 e. The van der Waals surface area contributed by atoms with Gasteiger partial charge in [-0.2, -0.15) is 0 Å². The van der Waals surface area contributed by atoms with Gasteiger partial charge in [0.1, 0.15) is 0 Å². The van der Waals surface area contributed by atoms with Crippen LogP contribution in [0.15, 0.2) is 48.8 Å². The van der Waals surface area contributed by atoms with Gasteiger partial charge in [-0.3, -0.25) is 4.98 Å². The van der Waals surface area contributed by atoms with Crippen LogP contribution in [0.4, 0.5) is 5.69 Å². The number of rotatable bonds is 2. The Morgan fingerprint density at radius 3 is 2.79 bits per heavy atom. The molecule has 2 aromatic rings. The molecule has 2 aliphatic rings. The van der Waals surface area contributed by atoms with Crippen LogP contribution in [-0.4, -0.2) is 18.1 Å². The number of carbonyl (C=O) groups excluding carboxylic acids is 1. The van der Waals surface area contributed by atoms with Crippen LogP contribution in [0.2, 0.25) is 0 Å². The number of methoxy groups -OCH3 is 1. The molecule has 3 atom stereocenters. The molecule has 24 heavy (non-hydrogen) atoms. The second kappa shape index (κ2) is 5.78. The van der Waals surface area contributed by atoms with E-state index in [2.05, 4.69) is 40.7 Å². The highest BCUT2D eigenvalue weighted by Crippen LogP contribution is 2.50. The molecule has 0 bridgehead atoms. The number of ether oxygens (including phenoxy) is 1. The van der Waals surface area contributed by atoms with Crippen molar-refractivity contribution in [3.05, 3.63) is 71.1 Å². The normalized spacial score (nSPS) is 24.0. The summed E-state index contributed by atoms with van der Waals surface area (Å²) in [4.78, 5) is 16.2. The monoisotopic (exact) mass is 320 g/mol. The minimum absolute atomic E-state index is 0.215. The van der Waals surface area contributed by atoms with E-state index in [1.54, 1.807) is 0 Å². The van der Waals surface area contributed by atoms with E-state index < -0.39 is 0 Å². The Hall–Kier alpha value is -2.62. The Kier molecular flexibility index (Phi) is 3.60. The SMILES string of the molecule is COC(=O)c1ccc2c(c1C)N[C@H](c1ccncc1)[C@@H]1CC=C[C@@H]21. The van der Waals surface area contributed by atoms with Gasteiger partial charge in [0.25, 0.3) is 0 Å². The third-order valence-corrected chi connectivity index (χ3v) is 5.27. The maximum Gasteiger partial charge on any atom is 0.338 e. The quantitative estimate of drug-likeness (QED) is 0.671. The van der Waals surface area contributed by atoms with Crippen LogP contribution in [0.25, 0.3) is 0 Å². The lowest BCUT2D eigenvalue weighted by Crippen LogP contribution is -2.30. The molecule has 4 rings (SSSR count). The van der Waals surface area contributed by atoms with Gasteiger partial charge in [-0.1, -0.05) is 18.2 Å². The van der Waals surface area contributed by atoms with Gasteiger partial charge in [0.05, 0.1) is 18.7 Å². The zero-order valence-corrected chi connectivity index (χ0v) is 13.8. The summed E-state index contributed by atoms with van der Waals surface area (Å²) < 4.78 is 4.92. The molecule has 1 aromatic heterocycles. The number of aromatic nitrogens is 1. The third-order valence-electron chi connectivity index (χ3n) is 5.27. The molecule has 0 unspecified atom stereocenters. The Balaban J connectivity index is 1.83. The summed E-state index contributed by atoms with van der Waals surface area (Å²) in [7, 11) is 1.42. The van der Waals surface area contributed by atoms with Crippen LogP contribution in [0.5, 0.6) is 0 Å². The number of hydrogen-bond acceptors (Lipinski definition) is 4.